The summed E-state index contributed by atoms with van der Waals surface area (Å²) < 4.78 is 62.2. The normalized spacial score (nSPS) is 12.0. The van der Waals surface area contributed by atoms with Crippen molar-refractivity contribution in [1.29, 1.82) is 0 Å². The van der Waals surface area contributed by atoms with Gasteiger partial charge in [-0.3, -0.25) is 9.52 Å². The van der Waals surface area contributed by atoms with Crippen LogP contribution in [0.4, 0.5) is 24.7 Å². The molecule has 0 bridgehead atoms. The van der Waals surface area contributed by atoms with Crippen LogP contribution in [-0.4, -0.2) is 35.6 Å². The van der Waals surface area contributed by atoms with E-state index in [0.717, 1.165) is 29.4 Å². The maximum absolute atomic E-state index is 12.7. The summed E-state index contributed by atoms with van der Waals surface area (Å²) in [7, 11) is -3.56. The fourth-order valence-corrected chi connectivity index (χ4v) is 2.36. The van der Waals surface area contributed by atoms with E-state index in [-0.39, 0.29) is 16.5 Å². The van der Waals surface area contributed by atoms with E-state index < -0.39 is 34.2 Å². The molecule has 2 N–H and O–H groups in total. The molecule has 25 heavy (non-hydrogen) atoms. The van der Waals surface area contributed by atoms with Gasteiger partial charge < -0.3 is 5.32 Å². The SMILES string of the molecule is CS(=O)(=O)Nc1cnn(CC(=O)Nc2cc(C(F)(F)F)ccc2Cl)n1. The van der Waals surface area contributed by atoms with Crippen molar-refractivity contribution < 1.29 is 26.4 Å². The third-order valence-electron chi connectivity index (χ3n) is 2.68. The Hall–Kier alpha value is -2.34. The number of carbonyl (C=O) groups is 1. The number of sulfonamides is 1. The minimum absolute atomic E-state index is 0.0748. The van der Waals surface area contributed by atoms with Crippen LogP contribution in [0.1, 0.15) is 5.56 Å². The summed E-state index contributed by atoms with van der Waals surface area (Å²) >= 11 is 5.77. The molecule has 0 saturated heterocycles. The first-order chi connectivity index (χ1) is 11.4. The second-order valence-electron chi connectivity index (χ2n) is 4.87. The van der Waals surface area contributed by atoms with Crippen LogP contribution >= 0.6 is 11.6 Å². The highest BCUT2D eigenvalue weighted by molar-refractivity contribution is 7.92. The molecule has 8 nitrogen and oxygen atoms in total. The molecule has 0 fully saturated rings. The van der Waals surface area contributed by atoms with Gasteiger partial charge in [0.1, 0.15) is 6.54 Å². The highest BCUT2D eigenvalue weighted by Gasteiger charge is 2.31. The van der Waals surface area contributed by atoms with Crippen LogP contribution in [0.3, 0.4) is 0 Å². The van der Waals surface area contributed by atoms with Crippen LogP contribution in [0.15, 0.2) is 24.4 Å². The van der Waals surface area contributed by atoms with Crippen molar-refractivity contribution >= 4 is 39.0 Å². The van der Waals surface area contributed by atoms with E-state index in [9.17, 15) is 26.4 Å². The van der Waals surface area contributed by atoms with Crippen LogP contribution in [0.25, 0.3) is 0 Å². The molecule has 13 heteroatoms. The van der Waals surface area contributed by atoms with Crippen LogP contribution in [0.5, 0.6) is 0 Å². The Morgan fingerprint density at radius 3 is 2.64 bits per heavy atom. The molecule has 136 valence electrons. The Kier molecular flexibility index (Phi) is 5.23. The highest BCUT2D eigenvalue weighted by atomic mass is 35.5. The fourth-order valence-electron chi connectivity index (χ4n) is 1.73. The average Bonchev–Trinajstić information content (AvgIpc) is 2.84. The van der Waals surface area contributed by atoms with Gasteiger partial charge in [0, 0.05) is 0 Å². The first kappa shape index (κ1) is 19.0. The average molecular weight is 398 g/mol. The van der Waals surface area contributed by atoms with Crippen molar-refractivity contribution in [2.24, 2.45) is 0 Å². The molecule has 1 aromatic carbocycles. The molecule has 0 aliphatic carbocycles. The van der Waals surface area contributed by atoms with E-state index in [2.05, 4.69) is 20.2 Å². The van der Waals surface area contributed by atoms with Crippen molar-refractivity contribution in [2.75, 3.05) is 16.3 Å². The molecule has 0 radical (unpaired) electrons. The number of nitrogens with zero attached hydrogens (tertiary/aromatic N) is 3. The number of halogens is 4. The zero-order chi connectivity index (χ0) is 18.8. The zero-order valence-electron chi connectivity index (χ0n) is 12.5. The maximum atomic E-state index is 12.7. The van der Waals surface area contributed by atoms with Crippen LogP contribution in [-0.2, 0) is 27.5 Å². The molecule has 1 amide bonds. The Morgan fingerprint density at radius 1 is 1.36 bits per heavy atom. The highest BCUT2D eigenvalue weighted by Crippen LogP contribution is 2.33. The van der Waals surface area contributed by atoms with Gasteiger partial charge in [0.05, 0.1) is 28.7 Å². The summed E-state index contributed by atoms with van der Waals surface area (Å²) in [4.78, 5) is 12.8. The number of anilines is 2. The second-order valence-corrected chi connectivity index (χ2v) is 7.03. The number of aromatic nitrogens is 3. The van der Waals surface area contributed by atoms with Gasteiger partial charge in [-0.25, -0.2) is 8.42 Å². The Labute approximate surface area is 145 Å². The quantitative estimate of drug-likeness (QED) is 0.802. The molecule has 0 atom stereocenters. The Bertz CT molecular complexity index is 898. The number of rotatable bonds is 5. The van der Waals surface area contributed by atoms with E-state index in [1.165, 1.54) is 0 Å². The van der Waals surface area contributed by atoms with Crippen molar-refractivity contribution in [3.8, 4) is 0 Å². The second kappa shape index (κ2) is 6.88. The standard InChI is InChI=1S/C12H11ClF3N5O3S/c1-25(23,24)20-10-5-17-21(19-10)6-11(22)18-9-4-7(12(14,15)16)2-3-8(9)13/h2-5H,6H2,1H3,(H,18,22)(H,19,20). The number of alkyl halides is 3. The van der Waals surface area contributed by atoms with Gasteiger partial charge >= 0.3 is 6.18 Å². The zero-order valence-corrected chi connectivity index (χ0v) is 14.1. The van der Waals surface area contributed by atoms with Gasteiger partial charge in [0.25, 0.3) is 0 Å². The molecule has 0 spiro atoms. The molecule has 0 aliphatic heterocycles. The minimum Gasteiger partial charge on any atom is -0.323 e. The predicted molar refractivity (Wildman–Crippen MR) is 83.6 cm³/mol. The maximum Gasteiger partial charge on any atom is 0.416 e. The first-order valence-electron chi connectivity index (χ1n) is 6.48. The number of hydrogen-bond acceptors (Lipinski definition) is 5. The van der Waals surface area contributed by atoms with Gasteiger partial charge in [0.15, 0.2) is 5.82 Å². The van der Waals surface area contributed by atoms with E-state index in [1.54, 1.807) is 0 Å². The van der Waals surface area contributed by atoms with Gasteiger partial charge in [-0.15, -0.1) is 5.10 Å². The molecule has 0 aliphatic rings. The summed E-state index contributed by atoms with van der Waals surface area (Å²) in [6, 6.07) is 2.50. The van der Waals surface area contributed by atoms with Gasteiger partial charge in [0.2, 0.25) is 15.9 Å². The van der Waals surface area contributed by atoms with Crippen molar-refractivity contribution in [3.05, 3.63) is 35.0 Å². The fraction of sp³-hybridized carbons (Fsp3) is 0.250. The third-order valence-corrected chi connectivity index (χ3v) is 3.59. The third kappa shape index (κ3) is 5.60. The van der Waals surface area contributed by atoms with Crippen LogP contribution in [0, 0.1) is 0 Å². The molecule has 0 saturated carbocycles. The first-order valence-corrected chi connectivity index (χ1v) is 8.75. The number of benzene rings is 1. The monoisotopic (exact) mass is 397 g/mol. The summed E-state index contributed by atoms with van der Waals surface area (Å²) in [5, 5.41) is 9.51. The topological polar surface area (TPSA) is 106 Å². The van der Waals surface area contributed by atoms with Crippen molar-refractivity contribution in [1.82, 2.24) is 15.0 Å². The lowest BCUT2D eigenvalue weighted by atomic mass is 10.2. The van der Waals surface area contributed by atoms with Gasteiger partial charge in [-0.05, 0) is 18.2 Å². The number of nitrogens with one attached hydrogen (secondary N) is 2. The molecule has 1 heterocycles. The van der Waals surface area contributed by atoms with E-state index in [4.69, 9.17) is 11.6 Å². The number of carbonyl (C=O) groups excluding carboxylic acids is 1. The van der Waals surface area contributed by atoms with Crippen molar-refractivity contribution in [3.63, 3.8) is 0 Å². The van der Waals surface area contributed by atoms with Gasteiger partial charge in [-0.2, -0.15) is 23.1 Å². The molecular weight excluding hydrogens is 387 g/mol. The summed E-state index contributed by atoms with van der Waals surface area (Å²) in [6.45, 7) is -0.460. The summed E-state index contributed by atoms with van der Waals surface area (Å²) in [5.41, 5.74) is -1.19. The Balaban J connectivity index is 2.08. The van der Waals surface area contributed by atoms with E-state index in [1.807, 2.05) is 0 Å². The molecular formula is C12H11ClF3N5O3S. The molecule has 0 unspecified atom stereocenters. The number of amides is 1. The molecule has 1 aromatic heterocycles. The lowest BCUT2D eigenvalue weighted by Gasteiger charge is -2.11. The molecule has 2 rings (SSSR count). The predicted octanol–water partition coefficient (Wildman–Crippen LogP) is 1.96. The minimum atomic E-state index is -4.58. The van der Waals surface area contributed by atoms with Crippen LogP contribution in [0.2, 0.25) is 5.02 Å². The lowest BCUT2D eigenvalue weighted by Crippen LogP contribution is -2.21. The van der Waals surface area contributed by atoms with E-state index >= 15 is 0 Å². The largest absolute Gasteiger partial charge is 0.416 e. The van der Waals surface area contributed by atoms with Crippen molar-refractivity contribution in [2.45, 2.75) is 12.7 Å². The summed E-state index contributed by atoms with van der Waals surface area (Å²) in [6.07, 6.45) is -2.60. The van der Waals surface area contributed by atoms with Gasteiger partial charge in [-0.1, -0.05) is 11.6 Å². The molecule has 2 aromatic rings. The van der Waals surface area contributed by atoms with Crippen LogP contribution < -0.4 is 10.0 Å². The smallest absolute Gasteiger partial charge is 0.323 e. The summed E-state index contributed by atoms with van der Waals surface area (Å²) in [5.74, 6) is -0.852. The number of hydrogen-bond donors (Lipinski definition) is 2. The Morgan fingerprint density at radius 2 is 2.04 bits per heavy atom. The lowest BCUT2D eigenvalue weighted by molar-refractivity contribution is -0.137. The van der Waals surface area contributed by atoms with E-state index in [0.29, 0.717) is 6.07 Å².